The third-order valence-corrected chi connectivity index (χ3v) is 3.82. The van der Waals surface area contributed by atoms with Crippen molar-refractivity contribution in [3.8, 4) is 0 Å². The zero-order valence-electron chi connectivity index (χ0n) is 7.73. The van der Waals surface area contributed by atoms with Gasteiger partial charge in [0.15, 0.2) is 0 Å². The van der Waals surface area contributed by atoms with Crippen LogP contribution in [0.25, 0.3) is 0 Å². The fourth-order valence-corrected chi connectivity index (χ4v) is 2.83. The van der Waals surface area contributed by atoms with Gasteiger partial charge in [-0.2, -0.15) is 0 Å². The monoisotopic (exact) mass is 152 g/mol. The molecule has 0 atom stereocenters. The van der Waals surface area contributed by atoms with Crippen molar-refractivity contribution in [1.29, 1.82) is 0 Å². The van der Waals surface area contributed by atoms with E-state index in [9.17, 15) is 0 Å². The summed E-state index contributed by atoms with van der Waals surface area (Å²) in [5.41, 5.74) is 0.769. The van der Waals surface area contributed by atoms with E-state index >= 15 is 0 Å². The van der Waals surface area contributed by atoms with Crippen molar-refractivity contribution in [1.82, 2.24) is 0 Å². The Hall–Kier alpha value is 0. The van der Waals surface area contributed by atoms with Crippen LogP contribution in [0.1, 0.15) is 58.3 Å². The van der Waals surface area contributed by atoms with Gasteiger partial charge in [0.05, 0.1) is 0 Å². The fourth-order valence-electron chi connectivity index (χ4n) is 2.83. The highest BCUT2D eigenvalue weighted by molar-refractivity contribution is 4.85. The Morgan fingerprint density at radius 1 is 1.09 bits per heavy atom. The first-order valence-electron chi connectivity index (χ1n) is 5.29. The summed E-state index contributed by atoms with van der Waals surface area (Å²) in [6.07, 6.45) is 12.2. The lowest BCUT2D eigenvalue weighted by Gasteiger charge is -2.34. The second kappa shape index (κ2) is 2.80. The van der Waals surface area contributed by atoms with Gasteiger partial charge in [-0.1, -0.05) is 39.0 Å². The molecule has 0 amide bonds. The van der Waals surface area contributed by atoms with Gasteiger partial charge in [0, 0.05) is 0 Å². The predicted molar refractivity (Wildman–Crippen MR) is 48.5 cm³/mol. The van der Waals surface area contributed by atoms with Gasteiger partial charge in [-0.15, -0.1) is 0 Å². The van der Waals surface area contributed by atoms with E-state index in [2.05, 4.69) is 6.92 Å². The molecule has 0 N–H and O–H groups in total. The molecule has 2 saturated carbocycles. The second-order valence-electron chi connectivity index (χ2n) is 5.02. The summed E-state index contributed by atoms with van der Waals surface area (Å²) >= 11 is 0. The lowest BCUT2D eigenvalue weighted by molar-refractivity contribution is 0.180. The SMILES string of the molecule is CC1(CC2CCC2)CCCC1. The van der Waals surface area contributed by atoms with Crippen LogP contribution in [0.15, 0.2) is 0 Å². The zero-order valence-corrected chi connectivity index (χ0v) is 7.73. The summed E-state index contributed by atoms with van der Waals surface area (Å²) in [6, 6.07) is 0. The molecule has 11 heavy (non-hydrogen) atoms. The molecule has 0 heterocycles. The average molecular weight is 152 g/mol. The van der Waals surface area contributed by atoms with Crippen LogP contribution in [0.3, 0.4) is 0 Å². The van der Waals surface area contributed by atoms with Gasteiger partial charge in [-0.05, 0) is 30.6 Å². The van der Waals surface area contributed by atoms with E-state index in [0.29, 0.717) is 0 Å². The molecule has 2 aliphatic carbocycles. The number of hydrogen-bond donors (Lipinski definition) is 0. The van der Waals surface area contributed by atoms with Crippen LogP contribution in [0, 0.1) is 11.3 Å². The minimum absolute atomic E-state index is 0.769. The summed E-state index contributed by atoms with van der Waals surface area (Å²) in [5.74, 6) is 1.12. The highest BCUT2D eigenvalue weighted by atomic mass is 14.4. The Bertz CT molecular complexity index is 127. The molecule has 2 rings (SSSR count). The van der Waals surface area contributed by atoms with Crippen molar-refractivity contribution in [3.63, 3.8) is 0 Å². The second-order valence-corrected chi connectivity index (χ2v) is 5.02. The van der Waals surface area contributed by atoms with Crippen LogP contribution >= 0.6 is 0 Å². The van der Waals surface area contributed by atoms with Gasteiger partial charge in [0.25, 0.3) is 0 Å². The molecule has 2 aliphatic rings. The van der Waals surface area contributed by atoms with E-state index in [1.165, 1.54) is 44.9 Å². The van der Waals surface area contributed by atoms with Gasteiger partial charge in [0.1, 0.15) is 0 Å². The minimum Gasteiger partial charge on any atom is -0.0596 e. The molecule has 0 heteroatoms. The molecule has 0 aliphatic heterocycles. The Morgan fingerprint density at radius 3 is 2.18 bits per heavy atom. The highest BCUT2D eigenvalue weighted by Crippen LogP contribution is 2.46. The topological polar surface area (TPSA) is 0 Å². The smallest absolute Gasteiger partial charge is 0.0323 e. The standard InChI is InChI=1S/C11H20/c1-11(7-2-3-8-11)9-10-5-4-6-10/h10H,2-9H2,1H3. The van der Waals surface area contributed by atoms with Crippen LogP contribution in [0.5, 0.6) is 0 Å². The van der Waals surface area contributed by atoms with Gasteiger partial charge in [0.2, 0.25) is 0 Å². The highest BCUT2D eigenvalue weighted by Gasteiger charge is 2.33. The maximum atomic E-state index is 2.51. The molecular weight excluding hydrogens is 132 g/mol. The van der Waals surface area contributed by atoms with E-state index in [4.69, 9.17) is 0 Å². The molecule has 64 valence electrons. The largest absolute Gasteiger partial charge is 0.0596 e. The van der Waals surface area contributed by atoms with Crippen molar-refractivity contribution < 1.29 is 0 Å². The van der Waals surface area contributed by atoms with Crippen LogP contribution in [0.2, 0.25) is 0 Å². The lowest BCUT2D eigenvalue weighted by Crippen LogP contribution is -2.21. The van der Waals surface area contributed by atoms with Gasteiger partial charge >= 0.3 is 0 Å². The first-order valence-corrected chi connectivity index (χ1v) is 5.29. The molecule has 0 spiro atoms. The average Bonchev–Trinajstić information content (AvgIpc) is 2.29. The summed E-state index contributed by atoms with van der Waals surface area (Å²) < 4.78 is 0. The van der Waals surface area contributed by atoms with Crippen LogP contribution < -0.4 is 0 Å². The van der Waals surface area contributed by atoms with E-state index in [-0.39, 0.29) is 0 Å². The normalized spacial score (nSPS) is 30.3. The molecule has 0 aromatic rings. The lowest BCUT2D eigenvalue weighted by atomic mass is 9.72. The zero-order chi connectivity index (χ0) is 7.73. The first kappa shape index (κ1) is 7.64. The third-order valence-electron chi connectivity index (χ3n) is 3.82. The Morgan fingerprint density at radius 2 is 1.73 bits per heavy atom. The fraction of sp³-hybridized carbons (Fsp3) is 1.00. The molecular formula is C11H20. The molecule has 0 radical (unpaired) electrons. The van der Waals surface area contributed by atoms with Crippen molar-refractivity contribution in [3.05, 3.63) is 0 Å². The van der Waals surface area contributed by atoms with Crippen LogP contribution in [-0.2, 0) is 0 Å². The predicted octanol–water partition coefficient (Wildman–Crippen LogP) is 3.76. The molecule has 2 fully saturated rings. The van der Waals surface area contributed by atoms with Gasteiger partial charge in [-0.3, -0.25) is 0 Å². The van der Waals surface area contributed by atoms with E-state index < -0.39 is 0 Å². The van der Waals surface area contributed by atoms with Gasteiger partial charge in [-0.25, -0.2) is 0 Å². The maximum absolute atomic E-state index is 2.51. The van der Waals surface area contributed by atoms with Crippen LogP contribution in [-0.4, -0.2) is 0 Å². The summed E-state index contributed by atoms with van der Waals surface area (Å²) in [6.45, 7) is 2.51. The molecule has 0 nitrogen and oxygen atoms in total. The third kappa shape index (κ3) is 1.60. The summed E-state index contributed by atoms with van der Waals surface area (Å²) in [7, 11) is 0. The minimum atomic E-state index is 0.769. The molecule has 0 unspecified atom stereocenters. The van der Waals surface area contributed by atoms with E-state index in [0.717, 1.165) is 11.3 Å². The molecule has 0 saturated heterocycles. The quantitative estimate of drug-likeness (QED) is 0.565. The van der Waals surface area contributed by atoms with Crippen molar-refractivity contribution in [2.75, 3.05) is 0 Å². The van der Waals surface area contributed by atoms with Gasteiger partial charge < -0.3 is 0 Å². The van der Waals surface area contributed by atoms with Crippen molar-refractivity contribution in [2.45, 2.75) is 58.3 Å². The number of rotatable bonds is 2. The summed E-state index contributed by atoms with van der Waals surface area (Å²) in [4.78, 5) is 0. The number of hydrogen-bond acceptors (Lipinski definition) is 0. The Kier molecular flexibility index (Phi) is 1.95. The summed E-state index contributed by atoms with van der Waals surface area (Å²) in [5, 5.41) is 0. The van der Waals surface area contributed by atoms with Crippen molar-refractivity contribution in [2.24, 2.45) is 11.3 Å². The van der Waals surface area contributed by atoms with Crippen molar-refractivity contribution >= 4 is 0 Å². The van der Waals surface area contributed by atoms with E-state index in [1.54, 1.807) is 6.42 Å². The Balaban J connectivity index is 1.82. The maximum Gasteiger partial charge on any atom is -0.0323 e. The molecule has 0 bridgehead atoms. The molecule has 0 aromatic heterocycles. The van der Waals surface area contributed by atoms with E-state index in [1.807, 2.05) is 0 Å². The van der Waals surface area contributed by atoms with Crippen LogP contribution in [0.4, 0.5) is 0 Å². The molecule has 0 aromatic carbocycles. The Labute approximate surface area is 70.4 Å². The first-order chi connectivity index (χ1) is 5.29.